The minimum Gasteiger partial charge on any atom is -0.379 e. The van der Waals surface area contributed by atoms with Crippen LogP contribution in [0.3, 0.4) is 0 Å². The topological polar surface area (TPSA) is 113 Å². The molecule has 1 aromatic rings. The number of carbonyl (C=O) groups is 2. The first-order valence-corrected chi connectivity index (χ1v) is 7.71. The summed E-state index contributed by atoms with van der Waals surface area (Å²) in [5.74, 6) is -1.35. The number of rotatable bonds is 6. The Balaban J connectivity index is 2.03. The number of carbonyl (C=O) groups excluding carboxylic acids is 2. The highest BCUT2D eigenvalue weighted by atomic mass is 19.4. The normalized spacial score (nSPS) is 20.6. The Morgan fingerprint density at radius 3 is 2.77 bits per heavy atom. The number of nitrogens with two attached hydrogens (primary N) is 1. The van der Waals surface area contributed by atoms with Gasteiger partial charge in [-0.05, 0) is 12.5 Å². The highest BCUT2D eigenvalue weighted by Gasteiger charge is 2.32. The van der Waals surface area contributed by atoms with Crippen molar-refractivity contribution in [2.75, 3.05) is 19.8 Å². The Labute approximate surface area is 146 Å². The summed E-state index contributed by atoms with van der Waals surface area (Å²) >= 11 is 0. The summed E-state index contributed by atoms with van der Waals surface area (Å²) in [6.45, 7) is -0.457. The van der Waals surface area contributed by atoms with Gasteiger partial charge in [-0.3, -0.25) is 14.4 Å². The van der Waals surface area contributed by atoms with Crippen LogP contribution in [0, 0.1) is 0 Å². The fourth-order valence-electron chi connectivity index (χ4n) is 2.47. The molecule has 0 radical (unpaired) electrons. The predicted molar refractivity (Wildman–Crippen MR) is 82.0 cm³/mol. The summed E-state index contributed by atoms with van der Waals surface area (Å²) in [6, 6.07) is 0.787. The largest absolute Gasteiger partial charge is 0.417 e. The van der Waals surface area contributed by atoms with Crippen molar-refractivity contribution >= 4 is 11.8 Å². The number of nitrogens with zero attached hydrogens (tertiary/aromatic N) is 1. The van der Waals surface area contributed by atoms with E-state index in [-0.39, 0.29) is 13.2 Å². The number of hydrogen-bond acceptors (Lipinski definition) is 5. The van der Waals surface area contributed by atoms with Crippen molar-refractivity contribution < 1.29 is 32.2 Å². The summed E-state index contributed by atoms with van der Waals surface area (Å²) in [5.41, 5.74) is 3.24. The molecule has 0 saturated carbocycles. The number of ether oxygens (including phenoxy) is 2. The van der Waals surface area contributed by atoms with Gasteiger partial charge < -0.3 is 25.1 Å². The number of halogens is 3. The smallest absolute Gasteiger partial charge is 0.379 e. The fraction of sp³-hybridized carbons (Fsp3) is 0.533. The number of aromatic nitrogens is 1. The molecule has 2 atom stereocenters. The van der Waals surface area contributed by atoms with Crippen molar-refractivity contribution in [3.05, 3.63) is 34.2 Å². The highest BCUT2D eigenvalue weighted by Crippen LogP contribution is 2.27. The lowest BCUT2D eigenvalue weighted by atomic mass is 10.1. The average molecular weight is 377 g/mol. The van der Waals surface area contributed by atoms with Crippen molar-refractivity contribution in [3.63, 3.8) is 0 Å². The first-order chi connectivity index (χ1) is 12.2. The van der Waals surface area contributed by atoms with Gasteiger partial charge in [0.1, 0.15) is 13.2 Å². The van der Waals surface area contributed by atoms with Gasteiger partial charge in [0.2, 0.25) is 11.8 Å². The number of nitrogens with one attached hydrogen (secondary N) is 1. The molecule has 1 saturated heterocycles. The van der Waals surface area contributed by atoms with E-state index in [0.717, 1.165) is 6.07 Å². The van der Waals surface area contributed by atoms with Gasteiger partial charge in [0, 0.05) is 18.9 Å². The molecule has 0 unspecified atom stereocenters. The molecular formula is C15H18F3N3O5. The molecule has 3 N–H and O–H groups in total. The third-order valence-corrected chi connectivity index (χ3v) is 3.70. The van der Waals surface area contributed by atoms with E-state index >= 15 is 0 Å². The number of alkyl halides is 3. The van der Waals surface area contributed by atoms with E-state index in [2.05, 4.69) is 5.32 Å². The molecule has 144 valence electrons. The average Bonchev–Trinajstić information content (AvgIpc) is 2.55. The van der Waals surface area contributed by atoms with Crippen molar-refractivity contribution in [2.45, 2.75) is 31.3 Å². The van der Waals surface area contributed by atoms with Gasteiger partial charge in [0.15, 0.2) is 0 Å². The minimum absolute atomic E-state index is 0.104. The van der Waals surface area contributed by atoms with Gasteiger partial charge in [-0.2, -0.15) is 13.2 Å². The highest BCUT2D eigenvalue weighted by molar-refractivity contribution is 5.76. The maximum absolute atomic E-state index is 12.7. The van der Waals surface area contributed by atoms with Crippen molar-refractivity contribution in [1.82, 2.24) is 9.88 Å². The van der Waals surface area contributed by atoms with Crippen LogP contribution >= 0.6 is 0 Å². The molecule has 0 aliphatic carbocycles. The minimum atomic E-state index is -4.63. The third-order valence-electron chi connectivity index (χ3n) is 3.70. The lowest BCUT2D eigenvalue weighted by molar-refractivity contribution is -0.138. The quantitative estimate of drug-likeness (QED) is 0.703. The first kappa shape index (κ1) is 19.9. The second-order valence-electron chi connectivity index (χ2n) is 5.74. The molecule has 2 amide bonds. The Morgan fingerprint density at radius 2 is 2.12 bits per heavy atom. The van der Waals surface area contributed by atoms with E-state index in [1.165, 1.54) is 0 Å². The SMILES string of the molecule is NC(=O)CO[C@H]1CCOC[C@H]1NC(=O)Cn1cc(C(F)(F)F)ccc1=O. The van der Waals surface area contributed by atoms with E-state index in [1.54, 1.807) is 0 Å². The van der Waals surface area contributed by atoms with Gasteiger partial charge in [-0.25, -0.2) is 0 Å². The van der Waals surface area contributed by atoms with Crippen LogP contribution in [0.2, 0.25) is 0 Å². The lowest BCUT2D eigenvalue weighted by Gasteiger charge is -2.31. The van der Waals surface area contributed by atoms with Crippen LogP contribution in [0.5, 0.6) is 0 Å². The zero-order valence-corrected chi connectivity index (χ0v) is 13.6. The fourth-order valence-corrected chi connectivity index (χ4v) is 2.47. The molecular weight excluding hydrogens is 359 g/mol. The first-order valence-electron chi connectivity index (χ1n) is 7.71. The number of hydrogen-bond donors (Lipinski definition) is 2. The Bertz CT molecular complexity index is 719. The van der Waals surface area contributed by atoms with Crippen LogP contribution < -0.4 is 16.6 Å². The summed E-state index contributed by atoms with van der Waals surface area (Å²) in [7, 11) is 0. The second-order valence-corrected chi connectivity index (χ2v) is 5.74. The molecule has 26 heavy (non-hydrogen) atoms. The summed E-state index contributed by atoms with van der Waals surface area (Å²) in [4.78, 5) is 34.6. The van der Waals surface area contributed by atoms with Gasteiger partial charge in [-0.1, -0.05) is 0 Å². The van der Waals surface area contributed by atoms with Crippen LogP contribution in [0.4, 0.5) is 13.2 Å². The molecule has 2 rings (SSSR count). The molecule has 0 aromatic carbocycles. The molecule has 1 fully saturated rings. The van der Waals surface area contributed by atoms with Gasteiger partial charge >= 0.3 is 6.18 Å². The predicted octanol–water partition coefficient (Wildman–Crippen LogP) is -0.357. The monoisotopic (exact) mass is 377 g/mol. The second kappa shape index (κ2) is 8.32. The van der Waals surface area contributed by atoms with E-state index in [4.69, 9.17) is 15.2 Å². The molecule has 1 aliphatic heterocycles. The van der Waals surface area contributed by atoms with Crippen LogP contribution in [0.25, 0.3) is 0 Å². The van der Waals surface area contributed by atoms with E-state index in [0.29, 0.717) is 29.9 Å². The van der Waals surface area contributed by atoms with Gasteiger partial charge in [0.05, 0.1) is 24.3 Å². The zero-order valence-electron chi connectivity index (χ0n) is 13.6. The van der Waals surface area contributed by atoms with Crippen molar-refractivity contribution in [2.24, 2.45) is 5.73 Å². The maximum Gasteiger partial charge on any atom is 0.417 e. The Kier molecular flexibility index (Phi) is 6.37. The number of primary amides is 1. The van der Waals surface area contributed by atoms with Crippen LogP contribution in [-0.4, -0.2) is 48.3 Å². The third kappa shape index (κ3) is 5.56. The van der Waals surface area contributed by atoms with Crippen molar-refractivity contribution in [3.8, 4) is 0 Å². The van der Waals surface area contributed by atoms with Crippen LogP contribution in [0.15, 0.2) is 23.1 Å². The Hall–Kier alpha value is -2.40. The lowest BCUT2D eigenvalue weighted by Crippen LogP contribution is -2.52. The molecule has 11 heteroatoms. The summed E-state index contributed by atoms with van der Waals surface area (Å²) < 4.78 is 49.4. The van der Waals surface area contributed by atoms with Gasteiger partial charge in [-0.15, -0.1) is 0 Å². The number of amides is 2. The summed E-state index contributed by atoms with van der Waals surface area (Å²) in [5, 5.41) is 2.54. The van der Waals surface area contributed by atoms with Crippen LogP contribution in [-0.2, 0) is 31.8 Å². The standard InChI is InChI=1S/C15H18F3N3O5/c16-15(17,18)9-1-2-14(24)21(5-9)6-13(23)20-10-7-25-4-3-11(10)26-8-12(19)22/h1-2,5,10-11H,3-4,6-8H2,(H2,19,22)(H,20,23)/t10-,11+/m1/s1. The molecule has 8 nitrogen and oxygen atoms in total. The van der Waals surface area contributed by atoms with E-state index in [9.17, 15) is 27.6 Å². The summed E-state index contributed by atoms with van der Waals surface area (Å²) in [6.07, 6.45) is -4.17. The number of pyridine rings is 1. The van der Waals surface area contributed by atoms with Gasteiger partial charge in [0.25, 0.3) is 5.56 Å². The zero-order chi connectivity index (χ0) is 19.3. The maximum atomic E-state index is 12.7. The van der Waals surface area contributed by atoms with Crippen molar-refractivity contribution in [1.29, 1.82) is 0 Å². The van der Waals surface area contributed by atoms with E-state index < -0.39 is 47.8 Å². The molecule has 1 aliphatic rings. The van der Waals surface area contributed by atoms with E-state index in [1.807, 2.05) is 0 Å². The molecule has 0 bridgehead atoms. The van der Waals surface area contributed by atoms with Crippen LogP contribution in [0.1, 0.15) is 12.0 Å². The Morgan fingerprint density at radius 1 is 1.38 bits per heavy atom. The molecule has 0 spiro atoms. The molecule has 2 heterocycles. The molecule has 1 aromatic heterocycles.